The van der Waals surface area contributed by atoms with E-state index >= 15 is 0 Å². The molecule has 7 heteroatoms. The van der Waals surface area contributed by atoms with Gasteiger partial charge in [-0.3, -0.25) is 14.4 Å². The van der Waals surface area contributed by atoms with Gasteiger partial charge in [-0.25, -0.2) is 0 Å². The SMILES string of the molecule is O=C(NCCN1CCCC1)C(=O)c1c[nH]c2ccc(C(=O)N3CCC(Cc4ccccc4)CC3)cc12. The molecule has 5 rings (SSSR count). The van der Waals surface area contributed by atoms with Gasteiger partial charge in [0, 0.05) is 48.8 Å². The fraction of sp³-hybridized carbons (Fsp3) is 0.414. The Balaban J connectivity index is 1.20. The maximum Gasteiger partial charge on any atom is 0.292 e. The second-order valence-electron chi connectivity index (χ2n) is 10.0. The number of likely N-dealkylation sites (tertiary alicyclic amines) is 2. The molecule has 0 aliphatic carbocycles. The smallest absolute Gasteiger partial charge is 0.292 e. The number of amides is 2. The highest BCUT2D eigenvalue weighted by molar-refractivity contribution is 6.45. The molecule has 0 atom stereocenters. The second-order valence-corrected chi connectivity index (χ2v) is 10.0. The first-order chi connectivity index (χ1) is 17.6. The van der Waals surface area contributed by atoms with Gasteiger partial charge in [-0.15, -0.1) is 0 Å². The van der Waals surface area contributed by atoms with Crippen LogP contribution in [-0.4, -0.2) is 71.6 Å². The molecule has 0 spiro atoms. The number of nitrogens with one attached hydrogen (secondary N) is 2. The van der Waals surface area contributed by atoms with Gasteiger partial charge >= 0.3 is 0 Å². The summed E-state index contributed by atoms with van der Waals surface area (Å²) in [4.78, 5) is 45.9. The number of ketones is 1. The van der Waals surface area contributed by atoms with Crippen LogP contribution < -0.4 is 5.32 Å². The molecule has 7 nitrogen and oxygen atoms in total. The minimum Gasteiger partial charge on any atom is -0.360 e. The van der Waals surface area contributed by atoms with Crippen molar-refractivity contribution in [1.29, 1.82) is 0 Å². The summed E-state index contributed by atoms with van der Waals surface area (Å²) >= 11 is 0. The van der Waals surface area contributed by atoms with Crippen LogP contribution >= 0.6 is 0 Å². The van der Waals surface area contributed by atoms with Crippen molar-refractivity contribution < 1.29 is 14.4 Å². The van der Waals surface area contributed by atoms with Crippen LogP contribution in [0.5, 0.6) is 0 Å². The third-order valence-electron chi connectivity index (χ3n) is 7.56. The molecular weight excluding hydrogens is 452 g/mol. The van der Waals surface area contributed by atoms with Crippen LogP contribution in [0.25, 0.3) is 10.9 Å². The van der Waals surface area contributed by atoms with E-state index in [0.29, 0.717) is 29.0 Å². The number of Topliss-reactive ketones (excluding diaryl/α,β-unsaturated/α-hetero) is 1. The van der Waals surface area contributed by atoms with Gasteiger partial charge < -0.3 is 20.1 Å². The topological polar surface area (TPSA) is 85.5 Å². The Morgan fingerprint density at radius 1 is 0.944 bits per heavy atom. The minimum absolute atomic E-state index is 0.0234. The number of H-pyrrole nitrogens is 1. The number of hydrogen-bond donors (Lipinski definition) is 2. The van der Waals surface area contributed by atoms with Crippen molar-refractivity contribution in [2.24, 2.45) is 5.92 Å². The van der Waals surface area contributed by atoms with E-state index in [1.54, 1.807) is 18.3 Å². The Kier molecular flexibility index (Phi) is 7.47. The number of piperidine rings is 1. The molecule has 2 N–H and O–H groups in total. The standard InChI is InChI=1S/C29H34N4O3/c34-27(28(35)30-12-17-32-13-4-5-14-32)25-20-31-26-9-8-23(19-24(25)26)29(36)33-15-10-22(11-16-33)18-21-6-2-1-3-7-21/h1-3,6-9,19-20,22,31H,4-5,10-18H2,(H,30,35). The third kappa shape index (κ3) is 5.51. The maximum atomic E-state index is 13.3. The molecule has 36 heavy (non-hydrogen) atoms. The molecule has 0 saturated carbocycles. The van der Waals surface area contributed by atoms with Crippen molar-refractivity contribution in [3.05, 3.63) is 71.4 Å². The van der Waals surface area contributed by atoms with Gasteiger partial charge in [0.05, 0.1) is 5.56 Å². The zero-order chi connectivity index (χ0) is 24.9. The third-order valence-corrected chi connectivity index (χ3v) is 7.56. The summed E-state index contributed by atoms with van der Waals surface area (Å²) in [6.07, 6.45) is 6.95. The first-order valence-electron chi connectivity index (χ1n) is 13.1. The lowest BCUT2D eigenvalue weighted by atomic mass is 9.90. The summed E-state index contributed by atoms with van der Waals surface area (Å²) in [6.45, 7) is 4.77. The minimum atomic E-state index is -0.604. The summed E-state index contributed by atoms with van der Waals surface area (Å²) < 4.78 is 0. The van der Waals surface area contributed by atoms with Crippen LogP contribution in [0.2, 0.25) is 0 Å². The number of benzene rings is 2. The van der Waals surface area contributed by atoms with Gasteiger partial charge in [0.2, 0.25) is 0 Å². The Morgan fingerprint density at radius 2 is 1.69 bits per heavy atom. The molecule has 1 aromatic heterocycles. The van der Waals surface area contributed by atoms with Gasteiger partial charge in [0.1, 0.15) is 0 Å². The van der Waals surface area contributed by atoms with Crippen LogP contribution in [0.15, 0.2) is 54.7 Å². The van der Waals surface area contributed by atoms with Crippen LogP contribution in [0.4, 0.5) is 0 Å². The summed E-state index contributed by atoms with van der Waals surface area (Å²) in [7, 11) is 0. The molecule has 188 valence electrons. The van der Waals surface area contributed by atoms with Crippen molar-refractivity contribution in [2.75, 3.05) is 39.3 Å². The first kappa shape index (κ1) is 24.3. The first-order valence-corrected chi connectivity index (χ1v) is 13.1. The lowest BCUT2D eigenvalue weighted by Crippen LogP contribution is -2.39. The van der Waals surface area contributed by atoms with Gasteiger partial charge in [-0.2, -0.15) is 0 Å². The molecule has 2 fully saturated rings. The average molecular weight is 487 g/mol. The number of carbonyl (C=O) groups is 3. The van der Waals surface area contributed by atoms with E-state index in [-0.39, 0.29) is 5.91 Å². The highest BCUT2D eigenvalue weighted by Crippen LogP contribution is 2.25. The number of nitrogens with zero attached hydrogens (tertiary/aromatic N) is 2. The molecule has 0 unspecified atom stereocenters. The lowest BCUT2D eigenvalue weighted by molar-refractivity contribution is -0.117. The largest absolute Gasteiger partial charge is 0.360 e. The fourth-order valence-electron chi connectivity index (χ4n) is 5.45. The van der Waals surface area contributed by atoms with E-state index in [4.69, 9.17) is 0 Å². The zero-order valence-corrected chi connectivity index (χ0v) is 20.7. The maximum absolute atomic E-state index is 13.3. The number of hydrogen-bond acceptors (Lipinski definition) is 4. The summed E-state index contributed by atoms with van der Waals surface area (Å²) in [5, 5.41) is 3.36. The molecule has 3 heterocycles. The molecule has 0 radical (unpaired) electrons. The predicted molar refractivity (Wildman–Crippen MR) is 140 cm³/mol. The lowest BCUT2D eigenvalue weighted by Gasteiger charge is -2.32. The molecule has 3 aromatic rings. The van der Waals surface area contributed by atoms with Crippen LogP contribution in [0.3, 0.4) is 0 Å². The van der Waals surface area contributed by atoms with E-state index in [0.717, 1.165) is 57.5 Å². The molecule has 2 aliphatic rings. The van der Waals surface area contributed by atoms with Crippen molar-refractivity contribution in [2.45, 2.75) is 32.1 Å². The molecular formula is C29H34N4O3. The Labute approximate surface area is 211 Å². The number of rotatable bonds is 8. The van der Waals surface area contributed by atoms with Gasteiger partial charge in [0.15, 0.2) is 0 Å². The van der Waals surface area contributed by atoms with Crippen LogP contribution in [0.1, 0.15) is 52.0 Å². The van der Waals surface area contributed by atoms with Gasteiger partial charge in [0.25, 0.3) is 17.6 Å². The van der Waals surface area contributed by atoms with Crippen LogP contribution in [-0.2, 0) is 11.2 Å². The average Bonchev–Trinajstić information content (AvgIpc) is 3.58. The van der Waals surface area contributed by atoms with E-state index in [9.17, 15) is 14.4 Å². The van der Waals surface area contributed by atoms with E-state index < -0.39 is 11.7 Å². The molecule has 2 amide bonds. The van der Waals surface area contributed by atoms with Crippen molar-refractivity contribution in [3.8, 4) is 0 Å². The Hall–Kier alpha value is -3.45. The second kappa shape index (κ2) is 11.1. The summed E-state index contributed by atoms with van der Waals surface area (Å²) in [5.41, 5.74) is 2.94. The van der Waals surface area contributed by atoms with Gasteiger partial charge in [-0.05, 0) is 74.9 Å². The van der Waals surface area contributed by atoms with Crippen LogP contribution in [0, 0.1) is 5.92 Å². The molecule has 2 aromatic carbocycles. The summed E-state index contributed by atoms with van der Waals surface area (Å²) in [6, 6.07) is 15.9. The normalized spacial score (nSPS) is 16.9. The predicted octanol–water partition coefficient (Wildman–Crippen LogP) is 3.66. The summed E-state index contributed by atoms with van der Waals surface area (Å²) in [5.74, 6) is -0.622. The van der Waals surface area contributed by atoms with Crippen molar-refractivity contribution in [1.82, 2.24) is 20.1 Å². The fourth-order valence-corrected chi connectivity index (χ4v) is 5.45. The number of fused-ring (bicyclic) bond motifs is 1. The number of carbonyl (C=O) groups excluding carboxylic acids is 3. The zero-order valence-electron chi connectivity index (χ0n) is 20.7. The number of aromatic amines is 1. The number of aromatic nitrogens is 1. The molecule has 0 bridgehead atoms. The van der Waals surface area contributed by atoms with Gasteiger partial charge in [-0.1, -0.05) is 30.3 Å². The molecule has 2 aliphatic heterocycles. The van der Waals surface area contributed by atoms with Crippen molar-refractivity contribution in [3.63, 3.8) is 0 Å². The van der Waals surface area contributed by atoms with E-state index in [2.05, 4.69) is 39.5 Å². The van der Waals surface area contributed by atoms with E-state index in [1.165, 1.54) is 18.4 Å². The monoisotopic (exact) mass is 486 g/mol. The highest BCUT2D eigenvalue weighted by atomic mass is 16.2. The van der Waals surface area contributed by atoms with E-state index in [1.807, 2.05) is 17.0 Å². The highest BCUT2D eigenvalue weighted by Gasteiger charge is 2.25. The van der Waals surface area contributed by atoms with Crippen molar-refractivity contribution >= 4 is 28.5 Å². The Bertz CT molecular complexity index is 1220. The Morgan fingerprint density at radius 3 is 2.44 bits per heavy atom. The molecule has 2 saturated heterocycles. The quantitative estimate of drug-likeness (QED) is 0.376.